The highest BCUT2D eigenvalue weighted by atomic mass is 16.6. The Balaban J connectivity index is 2.07. The van der Waals surface area contributed by atoms with Gasteiger partial charge in [-0.05, 0) is 50.0 Å². The summed E-state index contributed by atoms with van der Waals surface area (Å²) in [5.41, 5.74) is 2.43. The van der Waals surface area contributed by atoms with Gasteiger partial charge in [-0.3, -0.25) is 14.9 Å². The molecule has 0 aliphatic rings. The van der Waals surface area contributed by atoms with Crippen molar-refractivity contribution in [1.29, 1.82) is 5.26 Å². The Kier molecular flexibility index (Phi) is 8.95. The standard InChI is InChI=1S/C24H28N4O6/c1-15(2)8-9-27-16(3)10-18(17(27)4)11-19(13-25)24(30)34-14-23(29)26-21-7-6-20(28(31)32)12-22(21)33-5/h6-7,10-12,15H,8-9,14H2,1-5H3,(H,26,29)/b19-11+. The van der Waals surface area contributed by atoms with E-state index >= 15 is 0 Å². The van der Waals surface area contributed by atoms with Crippen molar-refractivity contribution in [1.82, 2.24) is 4.57 Å². The molecule has 10 heteroatoms. The molecule has 1 amide bonds. The van der Waals surface area contributed by atoms with Gasteiger partial charge in [-0.25, -0.2) is 4.79 Å². The van der Waals surface area contributed by atoms with Crippen LogP contribution in [-0.2, 0) is 20.9 Å². The zero-order valence-electron chi connectivity index (χ0n) is 19.9. The van der Waals surface area contributed by atoms with Crippen LogP contribution in [0, 0.1) is 41.2 Å². The topological polar surface area (TPSA) is 136 Å². The fraction of sp³-hybridized carbons (Fsp3) is 0.375. The second-order valence-corrected chi connectivity index (χ2v) is 8.10. The SMILES string of the molecule is COc1cc([N+](=O)[O-])ccc1NC(=O)COC(=O)/C(C#N)=C/c1cc(C)n(CCC(C)C)c1C. The molecule has 10 nitrogen and oxygen atoms in total. The van der Waals surface area contributed by atoms with Crippen molar-refractivity contribution in [3.8, 4) is 11.8 Å². The number of anilines is 1. The van der Waals surface area contributed by atoms with Gasteiger partial charge in [0.25, 0.3) is 11.6 Å². The Morgan fingerprint density at radius 3 is 2.59 bits per heavy atom. The van der Waals surface area contributed by atoms with Gasteiger partial charge in [0, 0.05) is 24.0 Å². The second-order valence-electron chi connectivity index (χ2n) is 8.10. The average Bonchev–Trinajstić information content (AvgIpc) is 3.06. The number of nitrogens with zero attached hydrogens (tertiary/aromatic N) is 3. The van der Waals surface area contributed by atoms with E-state index in [1.54, 1.807) is 0 Å². The van der Waals surface area contributed by atoms with Gasteiger partial charge in [-0.15, -0.1) is 0 Å². The summed E-state index contributed by atoms with van der Waals surface area (Å²) in [5.74, 6) is -0.994. The monoisotopic (exact) mass is 468 g/mol. The number of rotatable bonds is 10. The van der Waals surface area contributed by atoms with Crippen LogP contribution in [0.3, 0.4) is 0 Å². The summed E-state index contributed by atoms with van der Waals surface area (Å²) in [6.45, 7) is 8.36. The summed E-state index contributed by atoms with van der Waals surface area (Å²) in [7, 11) is 1.30. The highest BCUT2D eigenvalue weighted by molar-refractivity contribution is 6.00. The first-order chi connectivity index (χ1) is 16.1. The fourth-order valence-electron chi connectivity index (χ4n) is 3.29. The van der Waals surface area contributed by atoms with E-state index in [4.69, 9.17) is 9.47 Å². The number of carbonyl (C=O) groups excluding carboxylic acids is 2. The van der Waals surface area contributed by atoms with Crippen molar-refractivity contribution >= 4 is 29.3 Å². The predicted octanol–water partition coefficient (Wildman–Crippen LogP) is 4.16. The molecule has 0 aliphatic carbocycles. The van der Waals surface area contributed by atoms with Crippen molar-refractivity contribution in [2.75, 3.05) is 19.0 Å². The predicted molar refractivity (Wildman–Crippen MR) is 126 cm³/mol. The minimum absolute atomic E-state index is 0.0827. The summed E-state index contributed by atoms with van der Waals surface area (Å²) in [4.78, 5) is 34.9. The maximum atomic E-state index is 12.4. The van der Waals surface area contributed by atoms with Gasteiger partial charge in [-0.1, -0.05) is 13.8 Å². The smallest absolute Gasteiger partial charge is 0.349 e. The molecule has 1 aromatic heterocycles. The average molecular weight is 469 g/mol. The number of non-ortho nitro benzene ring substituents is 1. The number of hydrogen-bond donors (Lipinski definition) is 1. The minimum atomic E-state index is -0.930. The van der Waals surface area contributed by atoms with Crippen molar-refractivity contribution in [2.24, 2.45) is 5.92 Å². The number of hydrogen-bond acceptors (Lipinski definition) is 7. The number of esters is 1. The molecule has 1 aromatic carbocycles. The Morgan fingerprint density at radius 1 is 1.29 bits per heavy atom. The van der Waals surface area contributed by atoms with E-state index in [-0.39, 0.29) is 22.7 Å². The normalized spacial score (nSPS) is 11.1. The van der Waals surface area contributed by atoms with Crippen LogP contribution in [0.25, 0.3) is 6.08 Å². The summed E-state index contributed by atoms with van der Waals surface area (Å²) in [6.07, 6.45) is 2.45. The molecule has 1 heterocycles. The quantitative estimate of drug-likeness (QED) is 0.182. The van der Waals surface area contributed by atoms with Crippen LogP contribution < -0.4 is 10.1 Å². The van der Waals surface area contributed by atoms with Crippen LogP contribution in [0.1, 0.15) is 37.2 Å². The molecule has 0 bridgehead atoms. The van der Waals surface area contributed by atoms with Crippen molar-refractivity contribution in [2.45, 2.75) is 40.7 Å². The Bertz CT molecular complexity index is 1160. The van der Waals surface area contributed by atoms with Gasteiger partial charge >= 0.3 is 5.97 Å². The maximum absolute atomic E-state index is 12.4. The Hall–Kier alpha value is -4.13. The van der Waals surface area contributed by atoms with Crippen LogP contribution in [0.15, 0.2) is 29.8 Å². The Morgan fingerprint density at radius 2 is 2.00 bits per heavy atom. The summed E-state index contributed by atoms with van der Waals surface area (Å²) in [6, 6.07) is 7.40. The molecule has 0 aliphatic heterocycles. The van der Waals surface area contributed by atoms with Crippen molar-refractivity contribution in [3.05, 3.63) is 56.9 Å². The summed E-state index contributed by atoms with van der Waals surface area (Å²) >= 11 is 0. The fourth-order valence-corrected chi connectivity index (χ4v) is 3.29. The number of aromatic nitrogens is 1. The first-order valence-electron chi connectivity index (χ1n) is 10.6. The lowest BCUT2D eigenvalue weighted by molar-refractivity contribution is -0.384. The van der Waals surface area contributed by atoms with E-state index in [1.165, 1.54) is 25.3 Å². The molecule has 0 radical (unpaired) electrons. The largest absolute Gasteiger partial charge is 0.494 e. The molecule has 0 spiro atoms. The van der Waals surface area contributed by atoms with Crippen molar-refractivity contribution < 1.29 is 24.0 Å². The molecule has 0 fully saturated rings. The van der Waals surface area contributed by atoms with Crippen molar-refractivity contribution in [3.63, 3.8) is 0 Å². The minimum Gasteiger partial charge on any atom is -0.494 e. The van der Waals surface area contributed by atoms with E-state index in [0.717, 1.165) is 36.0 Å². The number of ether oxygens (including phenoxy) is 2. The zero-order valence-corrected chi connectivity index (χ0v) is 19.9. The third-order valence-corrected chi connectivity index (χ3v) is 5.19. The van der Waals surface area contributed by atoms with Gasteiger partial charge in [0.15, 0.2) is 6.61 Å². The Labute approximate surface area is 197 Å². The summed E-state index contributed by atoms with van der Waals surface area (Å²) < 4.78 is 12.2. The maximum Gasteiger partial charge on any atom is 0.349 e. The molecular weight excluding hydrogens is 440 g/mol. The third kappa shape index (κ3) is 6.68. The number of amides is 1. The van der Waals surface area contributed by atoms with E-state index in [0.29, 0.717) is 5.92 Å². The van der Waals surface area contributed by atoms with E-state index < -0.39 is 23.4 Å². The zero-order chi connectivity index (χ0) is 25.4. The number of nitro groups is 1. The van der Waals surface area contributed by atoms with E-state index in [2.05, 4.69) is 23.7 Å². The molecule has 0 atom stereocenters. The molecule has 180 valence electrons. The number of aryl methyl sites for hydroxylation is 1. The molecule has 2 rings (SSSR count). The highest BCUT2D eigenvalue weighted by Crippen LogP contribution is 2.29. The number of nitrogens with one attached hydrogen (secondary N) is 1. The lowest BCUT2D eigenvalue weighted by Gasteiger charge is -2.11. The first-order valence-corrected chi connectivity index (χ1v) is 10.6. The molecule has 0 unspecified atom stereocenters. The number of nitro benzene ring substituents is 1. The molecule has 0 saturated heterocycles. The van der Waals surface area contributed by atoms with Crippen LogP contribution in [0.4, 0.5) is 11.4 Å². The highest BCUT2D eigenvalue weighted by Gasteiger charge is 2.17. The lowest BCUT2D eigenvalue weighted by Crippen LogP contribution is -2.21. The number of benzene rings is 1. The van der Waals surface area contributed by atoms with E-state index in [9.17, 15) is 25.0 Å². The lowest BCUT2D eigenvalue weighted by atomic mass is 10.1. The number of methoxy groups -OCH3 is 1. The van der Waals surface area contributed by atoms with Gasteiger partial charge in [0.1, 0.15) is 17.4 Å². The van der Waals surface area contributed by atoms with Crippen LogP contribution in [-0.4, -0.2) is 35.1 Å². The van der Waals surface area contributed by atoms with E-state index in [1.807, 2.05) is 26.0 Å². The number of nitriles is 1. The first kappa shape index (κ1) is 26.1. The molecular formula is C24H28N4O6. The van der Waals surface area contributed by atoms with Crippen LogP contribution in [0.2, 0.25) is 0 Å². The van der Waals surface area contributed by atoms with Gasteiger partial charge in [-0.2, -0.15) is 5.26 Å². The van der Waals surface area contributed by atoms with Gasteiger partial charge in [0.05, 0.1) is 23.8 Å². The van der Waals surface area contributed by atoms with Gasteiger partial charge in [0.2, 0.25) is 0 Å². The molecule has 34 heavy (non-hydrogen) atoms. The molecule has 0 saturated carbocycles. The third-order valence-electron chi connectivity index (χ3n) is 5.19. The number of carbonyl (C=O) groups is 2. The van der Waals surface area contributed by atoms with Crippen LogP contribution in [0.5, 0.6) is 5.75 Å². The molecule has 1 N–H and O–H groups in total. The second kappa shape index (κ2) is 11.7. The molecule has 2 aromatic rings. The summed E-state index contributed by atoms with van der Waals surface area (Å²) in [5, 5.41) is 22.8. The van der Waals surface area contributed by atoms with Crippen LogP contribution >= 0.6 is 0 Å². The van der Waals surface area contributed by atoms with Gasteiger partial charge < -0.3 is 19.4 Å².